The highest BCUT2D eigenvalue weighted by Gasteiger charge is 2.23. The number of halogens is 2. The molecule has 0 aliphatic rings. The molecule has 202 valence electrons. The summed E-state index contributed by atoms with van der Waals surface area (Å²) in [6.07, 6.45) is 2.28. The molecule has 0 atom stereocenters. The number of amides is 1. The molecule has 0 unspecified atom stereocenters. The van der Waals surface area contributed by atoms with E-state index >= 15 is 0 Å². The number of hydrogen-bond acceptors (Lipinski definition) is 4. The van der Waals surface area contributed by atoms with Gasteiger partial charge in [-0.15, -0.1) is 0 Å². The van der Waals surface area contributed by atoms with E-state index in [0.717, 1.165) is 39.9 Å². The van der Waals surface area contributed by atoms with Crippen molar-refractivity contribution < 1.29 is 23.4 Å². The Bertz CT molecular complexity index is 1660. The number of pyridine rings is 1. The minimum Gasteiger partial charge on any atom is -0.508 e. The van der Waals surface area contributed by atoms with E-state index in [9.17, 15) is 18.7 Å². The first-order chi connectivity index (χ1) is 19.2. The highest BCUT2D eigenvalue weighted by molar-refractivity contribution is 5.96. The number of carbonyl (C=O) groups excluding carboxylic acids is 1. The van der Waals surface area contributed by atoms with Gasteiger partial charge in [0, 0.05) is 30.6 Å². The van der Waals surface area contributed by atoms with E-state index in [4.69, 9.17) is 4.74 Å². The standard InChI is InChI=1S/C33H28F2N2O3/c1-21-3-6-24(19-31(21)38)23-7-4-22(5-8-23)15-16-36-32(39)30-18-26-17-29(12-9-25(26)20-37-30)40-28-13-10-27(11-14-28)33(2,34)35/h3-14,17-20,38H,15-16H2,1-2H3,(H,36,39). The summed E-state index contributed by atoms with van der Waals surface area (Å²) < 4.78 is 32.8. The fourth-order valence-electron chi connectivity index (χ4n) is 4.32. The Morgan fingerprint density at radius 3 is 2.27 bits per heavy atom. The molecule has 0 aliphatic heterocycles. The lowest BCUT2D eigenvalue weighted by Crippen LogP contribution is -2.26. The number of aromatic hydroxyl groups is 1. The van der Waals surface area contributed by atoms with Crippen LogP contribution in [0, 0.1) is 6.92 Å². The Kier molecular flexibility index (Phi) is 7.47. The van der Waals surface area contributed by atoms with Gasteiger partial charge in [0.1, 0.15) is 22.9 Å². The molecule has 0 bridgehead atoms. The number of rotatable bonds is 8. The van der Waals surface area contributed by atoms with E-state index < -0.39 is 5.92 Å². The first-order valence-electron chi connectivity index (χ1n) is 12.9. The molecule has 0 radical (unpaired) electrons. The van der Waals surface area contributed by atoms with Crippen molar-refractivity contribution in [1.82, 2.24) is 10.3 Å². The van der Waals surface area contributed by atoms with Crippen LogP contribution in [-0.4, -0.2) is 22.5 Å². The van der Waals surface area contributed by atoms with Crippen molar-refractivity contribution in [2.24, 2.45) is 0 Å². The summed E-state index contributed by atoms with van der Waals surface area (Å²) in [6, 6.07) is 26.4. The van der Waals surface area contributed by atoms with Crippen LogP contribution in [0.1, 0.15) is 34.1 Å². The van der Waals surface area contributed by atoms with Crippen LogP contribution >= 0.6 is 0 Å². The quantitative estimate of drug-likeness (QED) is 0.212. The number of nitrogens with zero attached hydrogens (tertiary/aromatic N) is 1. The number of carbonyl (C=O) groups is 1. The van der Waals surface area contributed by atoms with Crippen molar-refractivity contribution in [1.29, 1.82) is 0 Å². The van der Waals surface area contributed by atoms with Crippen molar-refractivity contribution >= 4 is 16.7 Å². The van der Waals surface area contributed by atoms with E-state index in [1.165, 1.54) is 24.3 Å². The number of phenolic OH excluding ortho intramolecular Hbond substituents is 1. The Morgan fingerprint density at radius 2 is 1.57 bits per heavy atom. The number of ether oxygens (including phenoxy) is 1. The number of benzene rings is 4. The van der Waals surface area contributed by atoms with Crippen LogP contribution in [0.15, 0.2) is 97.2 Å². The van der Waals surface area contributed by atoms with Crippen molar-refractivity contribution in [3.05, 3.63) is 120 Å². The fraction of sp³-hybridized carbons (Fsp3) is 0.152. The number of phenols is 1. The Hall–Kier alpha value is -4.78. The molecule has 40 heavy (non-hydrogen) atoms. The topological polar surface area (TPSA) is 71.5 Å². The summed E-state index contributed by atoms with van der Waals surface area (Å²) in [5, 5.41) is 14.5. The summed E-state index contributed by atoms with van der Waals surface area (Å²) >= 11 is 0. The first kappa shape index (κ1) is 26.8. The molecule has 5 nitrogen and oxygen atoms in total. The van der Waals surface area contributed by atoms with Crippen LogP contribution < -0.4 is 10.1 Å². The van der Waals surface area contributed by atoms with Gasteiger partial charge in [-0.2, -0.15) is 0 Å². The number of alkyl halides is 2. The third-order valence-corrected chi connectivity index (χ3v) is 6.72. The summed E-state index contributed by atoms with van der Waals surface area (Å²) in [5.74, 6) is -1.97. The van der Waals surface area contributed by atoms with Crippen LogP contribution in [-0.2, 0) is 12.3 Å². The minimum absolute atomic E-state index is 0.0829. The van der Waals surface area contributed by atoms with E-state index in [2.05, 4.69) is 10.3 Å². The van der Waals surface area contributed by atoms with Crippen LogP contribution in [0.2, 0.25) is 0 Å². The van der Waals surface area contributed by atoms with Crippen LogP contribution in [0.4, 0.5) is 8.78 Å². The smallest absolute Gasteiger partial charge is 0.270 e. The molecule has 5 aromatic rings. The molecular formula is C33H28F2N2O3. The third-order valence-electron chi connectivity index (χ3n) is 6.72. The molecule has 2 N–H and O–H groups in total. The summed E-state index contributed by atoms with van der Waals surface area (Å²) in [4.78, 5) is 17.1. The highest BCUT2D eigenvalue weighted by atomic mass is 19.3. The number of aryl methyl sites for hydroxylation is 1. The van der Waals surface area contributed by atoms with Crippen LogP contribution in [0.5, 0.6) is 17.2 Å². The van der Waals surface area contributed by atoms with Gasteiger partial charge < -0.3 is 15.2 Å². The SMILES string of the molecule is Cc1ccc(-c2ccc(CCNC(=O)c3cc4cc(Oc5ccc(C(C)(F)F)cc5)ccc4cn3)cc2)cc1O. The number of aromatic nitrogens is 1. The second-order valence-electron chi connectivity index (χ2n) is 9.80. The Labute approximate surface area is 231 Å². The lowest BCUT2D eigenvalue weighted by molar-refractivity contribution is 0.0174. The van der Waals surface area contributed by atoms with Gasteiger partial charge in [-0.1, -0.05) is 36.4 Å². The van der Waals surface area contributed by atoms with Crippen LogP contribution in [0.25, 0.3) is 21.9 Å². The third kappa shape index (κ3) is 6.26. The van der Waals surface area contributed by atoms with Gasteiger partial charge in [-0.05, 0) is 95.6 Å². The van der Waals surface area contributed by atoms with Gasteiger partial charge in [0.25, 0.3) is 11.8 Å². The first-order valence-corrected chi connectivity index (χ1v) is 12.9. The normalized spacial score (nSPS) is 11.4. The average molecular weight is 539 g/mol. The molecule has 0 fully saturated rings. The largest absolute Gasteiger partial charge is 0.508 e. The van der Waals surface area contributed by atoms with Gasteiger partial charge in [0.2, 0.25) is 0 Å². The van der Waals surface area contributed by atoms with Crippen molar-refractivity contribution in [3.63, 3.8) is 0 Å². The molecule has 1 aromatic heterocycles. The van der Waals surface area contributed by atoms with Gasteiger partial charge in [-0.3, -0.25) is 9.78 Å². The zero-order chi connectivity index (χ0) is 28.3. The maximum absolute atomic E-state index is 13.5. The van der Waals surface area contributed by atoms with E-state index in [1.807, 2.05) is 49.4 Å². The van der Waals surface area contributed by atoms with Crippen molar-refractivity contribution in [2.75, 3.05) is 6.54 Å². The van der Waals surface area contributed by atoms with E-state index in [-0.39, 0.29) is 22.9 Å². The zero-order valence-corrected chi connectivity index (χ0v) is 22.1. The monoisotopic (exact) mass is 538 g/mol. The molecule has 1 heterocycles. The molecular weight excluding hydrogens is 510 g/mol. The zero-order valence-electron chi connectivity index (χ0n) is 22.1. The highest BCUT2D eigenvalue weighted by Crippen LogP contribution is 2.31. The minimum atomic E-state index is -2.91. The number of hydrogen-bond donors (Lipinski definition) is 2. The second kappa shape index (κ2) is 11.1. The lowest BCUT2D eigenvalue weighted by Gasteiger charge is -2.12. The summed E-state index contributed by atoms with van der Waals surface area (Å²) in [7, 11) is 0. The van der Waals surface area contributed by atoms with Crippen molar-refractivity contribution in [3.8, 4) is 28.4 Å². The van der Waals surface area contributed by atoms with Crippen LogP contribution in [0.3, 0.4) is 0 Å². The van der Waals surface area contributed by atoms with Gasteiger partial charge in [0.15, 0.2) is 0 Å². The molecule has 1 amide bonds. The Balaban J connectivity index is 1.20. The maximum atomic E-state index is 13.5. The van der Waals surface area contributed by atoms with Gasteiger partial charge in [-0.25, -0.2) is 8.78 Å². The molecule has 0 saturated carbocycles. The molecule has 4 aromatic carbocycles. The number of nitrogens with one attached hydrogen (secondary N) is 1. The average Bonchev–Trinajstić information content (AvgIpc) is 2.94. The molecule has 0 saturated heterocycles. The fourth-order valence-corrected chi connectivity index (χ4v) is 4.32. The second-order valence-corrected chi connectivity index (χ2v) is 9.80. The van der Waals surface area contributed by atoms with Gasteiger partial charge >= 0.3 is 0 Å². The molecule has 0 spiro atoms. The Morgan fingerprint density at radius 1 is 0.875 bits per heavy atom. The van der Waals surface area contributed by atoms with E-state index in [1.54, 1.807) is 30.5 Å². The van der Waals surface area contributed by atoms with E-state index in [0.29, 0.717) is 24.5 Å². The summed E-state index contributed by atoms with van der Waals surface area (Å²) in [6.45, 7) is 3.16. The maximum Gasteiger partial charge on any atom is 0.270 e. The van der Waals surface area contributed by atoms with Crippen molar-refractivity contribution in [2.45, 2.75) is 26.2 Å². The predicted octanol–water partition coefficient (Wildman–Crippen LogP) is 7.79. The molecule has 7 heteroatoms. The number of fused-ring (bicyclic) bond motifs is 1. The van der Waals surface area contributed by atoms with Gasteiger partial charge in [0.05, 0.1) is 0 Å². The molecule has 5 rings (SSSR count). The molecule has 0 aliphatic carbocycles. The summed E-state index contributed by atoms with van der Waals surface area (Å²) in [5.41, 5.74) is 4.06. The predicted molar refractivity (Wildman–Crippen MR) is 152 cm³/mol. The lowest BCUT2D eigenvalue weighted by atomic mass is 10.0.